The molecule has 6 heteroatoms. The molecule has 1 atom stereocenters. The highest BCUT2D eigenvalue weighted by Gasteiger charge is 2.16. The van der Waals surface area contributed by atoms with Crippen molar-refractivity contribution < 1.29 is 9.53 Å². The molecule has 1 aromatic heterocycles. The van der Waals surface area contributed by atoms with E-state index in [0.717, 1.165) is 17.4 Å². The molecule has 1 rings (SSSR count). The summed E-state index contributed by atoms with van der Waals surface area (Å²) in [7, 11) is 3.39. The fourth-order valence-corrected chi connectivity index (χ4v) is 2.17. The summed E-state index contributed by atoms with van der Waals surface area (Å²) in [6, 6.07) is 1.79. The van der Waals surface area contributed by atoms with E-state index in [9.17, 15) is 4.79 Å². The van der Waals surface area contributed by atoms with Gasteiger partial charge in [-0.3, -0.25) is 9.48 Å². The number of carbonyl (C=O) groups is 1. The summed E-state index contributed by atoms with van der Waals surface area (Å²) in [5.74, 6) is -0.115. The van der Waals surface area contributed by atoms with Gasteiger partial charge in [-0.1, -0.05) is 15.9 Å². The summed E-state index contributed by atoms with van der Waals surface area (Å²) in [6.07, 6.45) is 0.830. The molecule has 96 valence electrons. The van der Waals surface area contributed by atoms with E-state index in [1.807, 2.05) is 6.92 Å². The molecule has 0 radical (unpaired) electrons. The standard InChI is InChI=1S/C11H18BrN3O2/c1-8-6-10(15(2)14-8)11(16)13-9(4-5-12)7-17-3/h6,9H,4-5,7H2,1-3H3,(H,13,16). The van der Waals surface area contributed by atoms with Crippen LogP contribution in [-0.4, -0.2) is 40.8 Å². The van der Waals surface area contributed by atoms with Crippen molar-refractivity contribution in [3.05, 3.63) is 17.5 Å². The third-order valence-electron chi connectivity index (χ3n) is 2.40. The minimum absolute atomic E-state index is 0.0158. The Morgan fingerprint density at radius 2 is 2.41 bits per heavy atom. The molecule has 0 aliphatic heterocycles. The zero-order valence-corrected chi connectivity index (χ0v) is 12.0. The van der Waals surface area contributed by atoms with Crippen molar-refractivity contribution >= 4 is 21.8 Å². The lowest BCUT2D eigenvalue weighted by Gasteiger charge is -2.16. The lowest BCUT2D eigenvalue weighted by Crippen LogP contribution is -2.39. The molecule has 0 fully saturated rings. The van der Waals surface area contributed by atoms with Crippen LogP contribution in [0.5, 0.6) is 0 Å². The highest BCUT2D eigenvalue weighted by atomic mass is 79.9. The van der Waals surface area contributed by atoms with Crippen LogP contribution in [0, 0.1) is 6.92 Å². The Morgan fingerprint density at radius 3 is 2.88 bits per heavy atom. The van der Waals surface area contributed by atoms with E-state index in [1.165, 1.54) is 0 Å². The second kappa shape index (κ2) is 6.76. The van der Waals surface area contributed by atoms with Crippen LogP contribution in [0.25, 0.3) is 0 Å². The lowest BCUT2D eigenvalue weighted by molar-refractivity contribution is 0.0886. The molecule has 1 unspecified atom stereocenters. The van der Waals surface area contributed by atoms with Gasteiger partial charge in [-0.25, -0.2) is 0 Å². The largest absolute Gasteiger partial charge is 0.383 e. The van der Waals surface area contributed by atoms with Crippen molar-refractivity contribution in [1.82, 2.24) is 15.1 Å². The summed E-state index contributed by atoms with van der Waals surface area (Å²) in [4.78, 5) is 12.0. The van der Waals surface area contributed by atoms with E-state index in [4.69, 9.17) is 4.74 Å². The minimum Gasteiger partial charge on any atom is -0.383 e. The van der Waals surface area contributed by atoms with E-state index >= 15 is 0 Å². The first kappa shape index (κ1) is 14.2. The van der Waals surface area contributed by atoms with Gasteiger partial charge >= 0.3 is 0 Å². The van der Waals surface area contributed by atoms with Gasteiger partial charge in [-0.05, 0) is 19.4 Å². The smallest absolute Gasteiger partial charge is 0.269 e. The molecule has 0 spiro atoms. The van der Waals surface area contributed by atoms with Crippen molar-refractivity contribution in [2.24, 2.45) is 7.05 Å². The first-order valence-corrected chi connectivity index (χ1v) is 6.57. The number of methoxy groups -OCH3 is 1. The van der Waals surface area contributed by atoms with Crippen molar-refractivity contribution in [2.45, 2.75) is 19.4 Å². The van der Waals surface area contributed by atoms with Gasteiger partial charge in [0, 0.05) is 19.5 Å². The van der Waals surface area contributed by atoms with E-state index < -0.39 is 0 Å². The molecule has 0 bridgehead atoms. The number of rotatable bonds is 6. The van der Waals surface area contributed by atoms with Crippen molar-refractivity contribution in [1.29, 1.82) is 0 Å². The second-order valence-electron chi connectivity index (χ2n) is 3.90. The van der Waals surface area contributed by atoms with Crippen LogP contribution >= 0.6 is 15.9 Å². The number of aryl methyl sites for hydroxylation is 2. The van der Waals surface area contributed by atoms with Crippen LogP contribution in [-0.2, 0) is 11.8 Å². The molecule has 0 saturated heterocycles. The van der Waals surface area contributed by atoms with Crippen molar-refractivity contribution in [3.63, 3.8) is 0 Å². The Labute approximate surface area is 110 Å². The third-order valence-corrected chi connectivity index (χ3v) is 2.85. The average molecular weight is 304 g/mol. The van der Waals surface area contributed by atoms with E-state index in [-0.39, 0.29) is 11.9 Å². The Balaban J connectivity index is 2.66. The summed E-state index contributed by atoms with van der Waals surface area (Å²) in [5.41, 5.74) is 1.40. The molecule has 0 aliphatic carbocycles. The zero-order valence-electron chi connectivity index (χ0n) is 10.4. The monoisotopic (exact) mass is 303 g/mol. The SMILES string of the molecule is COCC(CCBr)NC(=O)c1cc(C)nn1C. The fourth-order valence-electron chi connectivity index (χ4n) is 1.61. The maximum atomic E-state index is 12.0. The molecule has 0 aliphatic rings. The van der Waals surface area contributed by atoms with Gasteiger partial charge < -0.3 is 10.1 Å². The second-order valence-corrected chi connectivity index (χ2v) is 4.69. The van der Waals surface area contributed by atoms with Gasteiger partial charge in [-0.15, -0.1) is 0 Å². The van der Waals surface area contributed by atoms with Gasteiger partial charge in [0.25, 0.3) is 5.91 Å². The number of hydrogen-bond acceptors (Lipinski definition) is 3. The quantitative estimate of drug-likeness (QED) is 0.805. The first-order valence-electron chi connectivity index (χ1n) is 5.45. The van der Waals surface area contributed by atoms with Crippen LogP contribution < -0.4 is 5.32 Å². The third kappa shape index (κ3) is 4.12. The Kier molecular flexibility index (Phi) is 5.64. The van der Waals surface area contributed by atoms with Crippen molar-refractivity contribution in [3.8, 4) is 0 Å². The molecule has 1 N–H and O–H groups in total. The van der Waals surface area contributed by atoms with E-state index in [2.05, 4.69) is 26.3 Å². The summed E-state index contributed by atoms with van der Waals surface area (Å²) in [5, 5.41) is 7.91. The maximum Gasteiger partial charge on any atom is 0.269 e. The molecular formula is C11H18BrN3O2. The van der Waals surface area contributed by atoms with Crippen LogP contribution in [0.4, 0.5) is 0 Å². The summed E-state index contributed by atoms with van der Waals surface area (Å²) < 4.78 is 6.66. The molecule has 1 amide bonds. The van der Waals surface area contributed by atoms with Crippen LogP contribution in [0.3, 0.4) is 0 Å². The summed E-state index contributed by atoms with van der Waals surface area (Å²) >= 11 is 3.36. The molecule has 0 aromatic carbocycles. The first-order chi connectivity index (χ1) is 8.08. The number of aromatic nitrogens is 2. The molecule has 0 saturated carbocycles. The molecule has 1 heterocycles. The fraction of sp³-hybridized carbons (Fsp3) is 0.636. The molecular weight excluding hydrogens is 286 g/mol. The number of amides is 1. The van der Waals surface area contributed by atoms with E-state index in [1.54, 1.807) is 24.9 Å². The van der Waals surface area contributed by atoms with Crippen LogP contribution in [0.2, 0.25) is 0 Å². The number of nitrogens with one attached hydrogen (secondary N) is 1. The predicted molar refractivity (Wildman–Crippen MR) is 69.5 cm³/mol. The van der Waals surface area contributed by atoms with Gasteiger partial charge in [0.15, 0.2) is 0 Å². The molecule has 17 heavy (non-hydrogen) atoms. The van der Waals surface area contributed by atoms with Gasteiger partial charge in [0.05, 0.1) is 18.3 Å². The number of halogens is 1. The minimum atomic E-state index is -0.115. The number of hydrogen-bond donors (Lipinski definition) is 1. The molecule has 1 aromatic rings. The van der Waals surface area contributed by atoms with E-state index in [0.29, 0.717) is 12.3 Å². The van der Waals surface area contributed by atoms with Gasteiger partial charge in [0.1, 0.15) is 5.69 Å². The molecule has 5 nitrogen and oxygen atoms in total. The summed E-state index contributed by atoms with van der Waals surface area (Å²) in [6.45, 7) is 2.37. The zero-order chi connectivity index (χ0) is 12.8. The Bertz CT molecular complexity index is 373. The van der Waals surface area contributed by atoms with Crippen molar-refractivity contribution in [2.75, 3.05) is 19.0 Å². The van der Waals surface area contributed by atoms with Gasteiger partial charge in [-0.2, -0.15) is 5.10 Å². The normalized spacial score (nSPS) is 12.5. The Hall–Kier alpha value is -0.880. The highest BCUT2D eigenvalue weighted by molar-refractivity contribution is 9.09. The highest BCUT2D eigenvalue weighted by Crippen LogP contribution is 2.04. The van der Waals surface area contributed by atoms with Crippen LogP contribution in [0.15, 0.2) is 6.07 Å². The number of ether oxygens (including phenoxy) is 1. The average Bonchev–Trinajstić information content (AvgIpc) is 2.58. The predicted octanol–water partition coefficient (Wildman–Crippen LogP) is 1.26. The topological polar surface area (TPSA) is 56.1 Å². The lowest BCUT2D eigenvalue weighted by atomic mass is 10.2. The maximum absolute atomic E-state index is 12.0. The number of alkyl halides is 1. The number of nitrogens with zero attached hydrogens (tertiary/aromatic N) is 2. The van der Waals surface area contributed by atoms with Crippen LogP contribution in [0.1, 0.15) is 22.6 Å². The van der Waals surface area contributed by atoms with Gasteiger partial charge in [0.2, 0.25) is 0 Å². The Morgan fingerprint density at radius 1 is 1.71 bits per heavy atom. The number of carbonyl (C=O) groups excluding carboxylic acids is 1.